The predicted molar refractivity (Wildman–Crippen MR) is 123 cm³/mol. The smallest absolute Gasteiger partial charge is 0.139 e. The molecule has 7 nitrogen and oxygen atoms in total. The number of oxime groups is 1. The summed E-state index contributed by atoms with van der Waals surface area (Å²) < 4.78 is 1.80. The fourth-order valence-corrected chi connectivity index (χ4v) is 7.90. The van der Waals surface area contributed by atoms with E-state index in [-0.39, 0.29) is 5.41 Å². The first-order valence-corrected chi connectivity index (χ1v) is 12.7. The van der Waals surface area contributed by atoms with Crippen LogP contribution in [-0.2, 0) is 22.6 Å². The van der Waals surface area contributed by atoms with Gasteiger partial charge in [-0.1, -0.05) is 24.2 Å². The van der Waals surface area contributed by atoms with Crippen molar-refractivity contribution in [3.8, 4) is 0 Å². The lowest BCUT2D eigenvalue weighted by atomic mass is 9.45. The van der Waals surface area contributed by atoms with Crippen molar-refractivity contribution < 1.29 is 9.63 Å². The minimum absolute atomic E-state index is 0.0192. The average molecular weight is 442 g/mol. The number of aromatic nitrogens is 3. The van der Waals surface area contributed by atoms with Crippen LogP contribution in [0, 0.1) is 34.5 Å². The Hall–Kier alpha value is -1.76. The summed E-state index contributed by atoms with van der Waals surface area (Å²) in [7, 11) is 0. The molecule has 0 amide bonds. The largest absolute Gasteiger partial charge is 0.394 e. The third-order valence-electron chi connectivity index (χ3n) is 9.80. The second-order valence-corrected chi connectivity index (χ2v) is 11.3. The number of nitrogens with two attached hydrogens (primary N) is 1. The molecule has 0 aromatic carbocycles. The highest BCUT2D eigenvalue weighted by Crippen LogP contribution is 2.65. The van der Waals surface area contributed by atoms with E-state index in [4.69, 9.17) is 10.6 Å². The lowest BCUT2D eigenvalue weighted by Crippen LogP contribution is -2.53. The maximum absolute atomic E-state index is 12.6. The van der Waals surface area contributed by atoms with Crippen molar-refractivity contribution in [2.45, 2.75) is 84.6 Å². The molecule has 0 saturated heterocycles. The van der Waals surface area contributed by atoms with E-state index in [1.165, 1.54) is 31.4 Å². The van der Waals surface area contributed by atoms with Gasteiger partial charge in [-0.3, -0.25) is 4.79 Å². The van der Waals surface area contributed by atoms with Crippen LogP contribution in [0.5, 0.6) is 0 Å². The molecule has 0 spiro atoms. The molecule has 0 bridgehead atoms. The van der Waals surface area contributed by atoms with Gasteiger partial charge in [0.2, 0.25) is 0 Å². The van der Waals surface area contributed by atoms with Crippen molar-refractivity contribution in [3.63, 3.8) is 0 Å². The number of hydrogen-bond acceptors (Lipinski definition) is 6. The molecular formula is C25H39N5O2. The van der Waals surface area contributed by atoms with E-state index in [9.17, 15) is 4.79 Å². The Bertz CT molecular complexity index is 881. The minimum Gasteiger partial charge on any atom is -0.394 e. The average Bonchev–Trinajstić information content (AvgIpc) is 3.35. The highest BCUT2D eigenvalue weighted by atomic mass is 16.6. The number of ketones is 1. The number of fused-ring (bicyclic) bond motifs is 5. The van der Waals surface area contributed by atoms with Gasteiger partial charge in [-0.05, 0) is 87.0 Å². The monoisotopic (exact) mass is 441 g/mol. The summed E-state index contributed by atoms with van der Waals surface area (Å²) in [5, 5.41) is 12.8. The minimum atomic E-state index is -0.0192. The van der Waals surface area contributed by atoms with Crippen LogP contribution in [0.1, 0.15) is 77.3 Å². The van der Waals surface area contributed by atoms with Crippen molar-refractivity contribution in [2.75, 3.05) is 13.2 Å². The summed E-state index contributed by atoms with van der Waals surface area (Å²) in [4.78, 5) is 18.3. The van der Waals surface area contributed by atoms with Gasteiger partial charge in [-0.25, -0.2) is 4.68 Å². The van der Waals surface area contributed by atoms with Crippen molar-refractivity contribution in [3.05, 3.63) is 11.9 Å². The number of carbonyl (C=O) groups is 1. The second-order valence-electron chi connectivity index (χ2n) is 11.3. The van der Waals surface area contributed by atoms with Gasteiger partial charge in [0.05, 0.1) is 18.0 Å². The van der Waals surface area contributed by atoms with E-state index in [1.54, 1.807) is 4.68 Å². The third-order valence-corrected chi connectivity index (χ3v) is 9.80. The third kappa shape index (κ3) is 3.70. The van der Waals surface area contributed by atoms with Crippen LogP contribution in [0.4, 0.5) is 0 Å². The van der Waals surface area contributed by atoms with Crippen molar-refractivity contribution in [2.24, 2.45) is 45.4 Å². The Kier molecular flexibility index (Phi) is 5.89. The highest BCUT2D eigenvalue weighted by molar-refractivity contribution is 5.87. The van der Waals surface area contributed by atoms with Crippen molar-refractivity contribution >= 4 is 11.5 Å². The zero-order valence-corrected chi connectivity index (χ0v) is 19.8. The van der Waals surface area contributed by atoms with E-state index in [0.717, 1.165) is 56.1 Å². The Morgan fingerprint density at radius 2 is 2.06 bits per heavy atom. The quantitative estimate of drug-likeness (QED) is 0.536. The molecule has 0 radical (unpaired) electrons. The van der Waals surface area contributed by atoms with Crippen molar-refractivity contribution in [1.29, 1.82) is 0 Å². The second kappa shape index (κ2) is 8.54. The number of nitrogens with zero attached hydrogens (tertiary/aromatic N) is 4. The fraction of sp³-hybridized carbons (Fsp3) is 0.840. The highest BCUT2D eigenvalue weighted by Gasteiger charge is 2.60. The van der Waals surface area contributed by atoms with Gasteiger partial charge in [0, 0.05) is 24.5 Å². The molecule has 4 saturated carbocycles. The summed E-state index contributed by atoms with van der Waals surface area (Å²) in [5.41, 5.74) is 8.09. The topological polar surface area (TPSA) is 95.4 Å². The molecule has 1 heterocycles. The first-order valence-electron chi connectivity index (χ1n) is 12.7. The Morgan fingerprint density at radius 1 is 1.19 bits per heavy atom. The first kappa shape index (κ1) is 22.1. The number of carbonyl (C=O) groups excluding carboxylic acids is 1. The number of rotatable bonds is 6. The Labute approximate surface area is 191 Å². The first-order chi connectivity index (χ1) is 15.4. The Morgan fingerprint density at radius 3 is 2.91 bits per heavy atom. The standard InChI is InChI=1S/C25H39N5O2/c1-24-10-7-18(28-32-14-13-30-16-19(9-12-26)27-29-30)15-17(24)3-4-20-21-5-6-23(31)25(21,2)11-8-22(20)24/h16-17,20-22H,3-15,26H2,1-2H3/t17?,20?,21?,22?,24-,25-/m0/s1. The summed E-state index contributed by atoms with van der Waals surface area (Å²) >= 11 is 0. The zero-order chi connectivity index (χ0) is 22.3. The molecule has 7 heteroatoms. The van der Waals surface area contributed by atoms with Crippen LogP contribution in [0.3, 0.4) is 0 Å². The van der Waals surface area contributed by atoms with Gasteiger partial charge in [0.25, 0.3) is 0 Å². The summed E-state index contributed by atoms with van der Waals surface area (Å²) in [6.07, 6.45) is 12.9. The van der Waals surface area contributed by atoms with E-state index in [2.05, 4.69) is 29.3 Å². The van der Waals surface area contributed by atoms with Gasteiger partial charge in [-0.15, -0.1) is 5.10 Å². The zero-order valence-electron chi connectivity index (χ0n) is 19.8. The molecule has 5 rings (SSSR count). The van der Waals surface area contributed by atoms with Gasteiger partial charge in [0.1, 0.15) is 12.4 Å². The van der Waals surface area contributed by atoms with Gasteiger partial charge < -0.3 is 10.6 Å². The molecule has 6 atom stereocenters. The lowest BCUT2D eigenvalue weighted by Gasteiger charge is -2.59. The van der Waals surface area contributed by atoms with Crippen LogP contribution in [0.15, 0.2) is 11.4 Å². The van der Waals surface area contributed by atoms with Gasteiger partial charge in [0.15, 0.2) is 0 Å². The number of Topliss-reactive ketones (excluding diaryl/α,β-unsaturated/α-hetero) is 1. The van der Waals surface area contributed by atoms with Gasteiger partial charge >= 0.3 is 0 Å². The van der Waals surface area contributed by atoms with E-state index >= 15 is 0 Å². The molecule has 0 aliphatic heterocycles. The van der Waals surface area contributed by atoms with Crippen LogP contribution in [0.25, 0.3) is 0 Å². The van der Waals surface area contributed by atoms with E-state index in [0.29, 0.717) is 42.7 Å². The summed E-state index contributed by atoms with van der Waals surface area (Å²) in [6, 6.07) is 0. The van der Waals surface area contributed by atoms with Crippen LogP contribution < -0.4 is 5.73 Å². The summed E-state index contributed by atoms with van der Waals surface area (Å²) in [5.74, 6) is 3.42. The van der Waals surface area contributed by atoms with Crippen LogP contribution in [-0.4, -0.2) is 39.6 Å². The molecular weight excluding hydrogens is 402 g/mol. The maximum atomic E-state index is 12.6. The predicted octanol–water partition coefficient (Wildman–Crippen LogP) is 3.76. The normalized spacial score (nSPS) is 40.1. The molecule has 2 N–H and O–H groups in total. The number of hydrogen-bond donors (Lipinski definition) is 1. The maximum Gasteiger partial charge on any atom is 0.139 e. The molecule has 4 aliphatic carbocycles. The van der Waals surface area contributed by atoms with Crippen LogP contribution >= 0.6 is 0 Å². The van der Waals surface area contributed by atoms with Crippen molar-refractivity contribution in [1.82, 2.24) is 15.0 Å². The molecule has 32 heavy (non-hydrogen) atoms. The van der Waals surface area contributed by atoms with Gasteiger partial charge in [-0.2, -0.15) is 0 Å². The molecule has 176 valence electrons. The molecule has 4 fully saturated rings. The fourth-order valence-electron chi connectivity index (χ4n) is 7.90. The Balaban J connectivity index is 1.17. The van der Waals surface area contributed by atoms with Crippen LogP contribution in [0.2, 0.25) is 0 Å². The van der Waals surface area contributed by atoms with E-state index in [1.807, 2.05) is 6.20 Å². The molecule has 1 aromatic heterocycles. The molecule has 4 unspecified atom stereocenters. The van der Waals surface area contributed by atoms with E-state index < -0.39 is 0 Å². The summed E-state index contributed by atoms with van der Waals surface area (Å²) in [6.45, 7) is 6.57. The molecule has 1 aromatic rings. The SMILES string of the molecule is C[C@]12CCC(=NOCCn3cc(CCN)nn3)CC1CCC1C2CC[C@]2(C)C(=O)CCC12. The molecule has 4 aliphatic rings. The lowest BCUT2D eigenvalue weighted by molar-refractivity contribution is -0.137.